The standard InChI is InChI=1S/C15H20N2O2/c1-17-9-3-6-13(17)14(18)15(19)16-12-8-7-10-4-2-5-11(10)12/h3,6,9-12H,2,4-5,7-8H2,1H3,(H,16,19)/t10-,11-,12-/m1/s1. The van der Waals surface area contributed by atoms with Gasteiger partial charge in [0, 0.05) is 19.3 Å². The minimum absolute atomic E-state index is 0.212. The van der Waals surface area contributed by atoms with E-state index in [1.54, 1.807) is 29.9 Å². The van der Waals surface area contributed by atoms with Crippen LogP contribution in [-0.4, -0.2) is 22.3 Å². The zero-order valence-corrected chi connectivity index (χ0v) is 11.3. The van der Waals surface area contributed by atoms with E-state index < -0.39 is 11.7 Å². The monoisotopic (exact) mass is 260 g/mol. The molecule has 3 atom stereocenters. The maximum absolute atomic E-state index is 12.1. The summed E-state index contributed by atoms with van der Waals surface area (Å²) in [6.07, 6.45) is 7.78. The molecule has 0 aromatic carbocycles. The molecule has 3 rings (SSSR count). The molecule has 4 nitrogen and oxygen atoms in total. The molecule has 2 aliphatic rings. The summed E-state index contributed by atoms with van der Waals surface area (Å²) in [5.41, 5.74) is 0.457. The lowest BCUT2D eigenvalue weighted by atomic mass is 9.97. The molecule has 102 valence electrons. The van der Waals surface area contributed by atoms with Crippen molar-refractivity contribution in [3.63, 3.8) is 0 Å². The second-order valence-electron chi connectivity index (χ2n) is 5.85. The molecular weight excluding hydrogens is 240 g/mol. The van der Waals surface area contributed by atoms with Crippen LogP contribution < -0.4 is 5.32 Å². The van der Waals surface area contributed by atoms with E-state index >= 15 is 0 Å². The Balaban J connectivity index is 1.65. The molecule has 0 unspecified atom stereocenters. The Hall–Kier alpha value is -1.58. The second kappa shape index (κ2) is 4.83. The molecule has 0 bridgehead atoms. The highest BCUT2D eigenvalue weighted by atomic mass is 16.2. The molecule has 1 aromatic rings. The zero-order valence-electron chi connectivity index (χ0n) is 11.3. The van der Waals surface area contributed by atoms with Crippen LogP contribution in [0, 0.1) is 11.8 Å². The van der Waals surface area contributed by atoms with Crippen molar-refractivity contribution in [3.05, 3.63) is 24.0 Å². The molecule has 1 aromatic heterocycles. The molecule has 0 spiro atoms. The van der Waals surface area contributed by atoms with Crippen LogP contribution >= 0.6 is 0 Å². The maximum Gasteiger partial charge on any atom is 0.294 e. The van der Waals surface area contributed by atoms with Crippen LogP contribution in [0.25, 0.3) is 0 Å². The van der Waals surface area contributed by atoms with Crippen LogP contribution in [0.15, 0.2) is 18.3 Å². The highest BCUT2D eigenvalue weighted by Gasteiger charge is 2.40. The van der Waals surface area contributed by atoms with Crippen molar-refractivity contribution < 1.29 is 9.59 Å². The Labute approximate surface area is 113 Å². The summed E-state index contributed by atoms with van der Waals surface area (Å²) in [6.45, 7) is 0. The molecule has 1 N–H and O–H groups in total. The Bertz CT molecular complexity index is 506. The zero-order chi connectivity index (χ0) is 13.4. The van der Waals surface area contributed by atoms with E-state index in [1.807, 2.05) is 0 Å². The molecule has 19 heavy (non-hydrogen) atoms. The van der Waals surface area contributed by atoms with E-state index in [1.165, 1.54) is 25.7 Å². The van der Waals surface area contributed by atoms with E-state index in [2.05, 4.69) is 5.32 Å². The van der Waals surface area contributed by atoms with Gasteiger partial charge in [0.05, 0.1) is 5.69 Å². The lowest BCUT2D eigenvalue weighted by Gasteiger charge is -2.19. The highest BCUT2D eigenvalue weighted by molar-refractivity contribution is 6.42. The number of Topliss-reactive ketones (excluding diaryl/α,β-unsaturated/α-hetero) is 1. The molecule has 0 aliphatic heterocycles. The first-order valence-electron chi connectivity index (χ1n) is 7.13. The van der Waals surface area contributed by atoms with Gasteiger partial charge in [-0.15, -0.1) is 0 Å². The van der Waals surface area contributed by atoms with Crippen molar-refractivity contribution in [1.82, 2.24) is 9.88 Å². The summed E-state index contributed by atoms with van der Waals surface area (Å²) in [7, 11) is 1.78. The number of ketones is 1. The predicted octanol–water partition coefficient (Wildman–Crippen LogP) is 1.90. The minimum Gasteiger partial charge on any atom is -0.348 e. The van der Waals surface area contributed by atoms with Crippen LogP contribution in [0.2, 0.25) is 0 Å². The molecule has 0 radical (unpaired) electrons. The Morgan fingerprint density at radius 2 is 2.11 bits per heavy atom. The Kier molecular flexibility index (Phi) is 3.17. The summed E-state index contributed by atoms with van der Waals surface area (Å²) in [4.78, 5) is 24.1. The number of fused-ring (bicyclic) bond motifs is 1. The van der Waals surface area contributed by atoms with Gasteiger partial charge in [-0.2, -0.15) is 0 Å². The van der Waals surface area contributed by atoms with Gasteiger partial charge in [0.25, 0.3) is 11.7 Å². The first-order valence-corrected chi connectivity index (χ1v) is 7.13. The average Bonchev–Trinajstić information content (AvgIpc) is 3.06. The third kappa shape index (κ3) is 2.20. The van der Waals surface area contributed by atoms with Crippen molar-refractivity contribution in [1.29, 1.82) is 0 Å². The van der Waals surface area contributed by atoms with E-state index in [4.69, 9.17) is 0 Å². The third-order valence-electron chi connectivity index (χ3n) is 4.78. The number of carbonyl (C=O) groups excluding carboxylic acids is 2. The van der Waals surface area contributed by atoms with Gasteiger partial charge in [-0.25, -0.2) is 0 Å². The fourth-order valence-electron chi connectivity index (χ4n) is 3.79. The lowest BCUT2D eigenvalue weighted by Crippen LogP contribution is -2.41. The number of amides is 1. The number of aromatic nitrogens is 1. The molecule has 1 amide bonds. The number of carbonyl (C=O) groups is 2. The van der Waals surface area contributed by atoms with Crippen LogP contribution in [0.3, 0.4) is 0 Å². The van der Waals surface area contributed by atoms with Gasteiger partial charge in [0.2, 0.25) is 0 Å². The van der Waals surface area contributed by atoms with Crippen LogP contribution in [-0.2, 0) is 11.8 Å². The summed E-state index contributed by atoms with van der Waals surface area (Å²) in [5.74, 6) is 0.508. The van der Waals surface area contributed by atoms with Crippen LogP contribution in [0.5, 0.6) is 0 Å². The normalized spacial score (nSPS) is 29.2. The van der Waals surface area contributed by atoms with E-state index in [0.717, 1.165) is 12.3 Å². The summed E-state index contributed by atoms with van der Waals surface area (Å²) in [5, 5.41) is 2.96. The summed E-state index contributed by atoms with van der Waals surface area (Å²) in [6, 6.07) is 3.68. The number of nitrogens with zero attached hydrogens (tertiary/aromatic N) is 1. The first kappa shape index (κ1) is 12.5. The minimum atomic E-state index is -0.445. The number of hydrogen-bond donors (Lipinski definition) is 1. The molecule has 4 heteroatoms. The van der Waals surface area contributed by atoms with Crippen LogP contribution in [0.4, 0.5) is 0 Å². The van der Waals surface area contributed by atoms with Crippen molar-refractivity contribution in [3.8, 4) is 0 Å². The summed E-state index contributed by atoms with van der Waals surface area (Å²) >= 11 is 0. The number of rotatable bonds is 3. The van der Waals surface area contributed by atoms with Gasteiger partial charge in [0.15, 0.2) is 0 Å². The molecule has 2 saturated carbocycles. The Morgan fingerprint density at radius 1 is 1.26 bits per heavy atom. The second-order valence-corrected chi connectivity index (χ2v) is 5.85. The molecule has 2 fully saturated rings. The lowest BCUT2D eigenvalue weighted by molar-refractivity contribution is -0.117. The average molecular weight is 260 g/mol. The largest absolute Gasteiger partial charge is 0.348 e. The molecule has 2 aliphatic carbocycles. The molecular formula is C15H20N2O2. The van der Waals surface area contributed by atoms with Gasteiger partial charge < -0.3 is 9.88 Å². The van der Waals surface area contributed by atoms with Crippen molar-refractivity contribution in [2.75, 3.05) is 0 Å². The fraction of sp³-hybridized carbons (Fsp3) is 0.600. The third-order valence-corrected chi connectivity index (χ3v) is 4.78. The van der Waals surface area contributed by atoms with Gasteiger partial charge in [-0.1, -0.05) is 12.8 Å². The number of hydrogen-bond acceptors (Lipinski definition) is 2. The smallest absolute Gasteiger partial charge is 0.294 e. The number of nitrogens with one attached hydrogen (secondary N) is 1. The fourth-order valence-corrected chi connectivity index (χ4v) is 3.79. The van der Waals surface area contributed by atoms with E-state index in [0.29, 0.717) is 11.6 Å². The Morgan fingerprint density at radius 3 is 2.84 bits per heavy atom. The topological polar surface area (TPSA) is 51.1 Å². The maximum atomic E-state index is 12.1. The van der Waals surface area contributed by atoms with Gasteiger partial charge in [-0.3, -0.25) is 9.59 Å². The van der Waals surface area contributed by atoms with Crippen molar-refractivity contribution >= 4 is 11.7 Å². The highest BCUT2D eigenvalue weighted by Crippen LogP contribution is 2.43. The van der Waals surface area contributed by atoms with Gasteiger partial charge in [-0.05, 0) is 43.2 Å². The SMILES string of the molecule is Cn1cccc1C(=O)C(=O)N[C@@H]1CC[C@H]2CCC[C@H]21. The van der Waals surface area contributed by atoms with Crippen molar-refractivity contribution in [2.45, 2.75) is 38.1 Å². The predicted molar refractivity (Wildman–Crippen MR) is 71.7 cm³/mol. The van der Waals surface area contributed by atoms with Crippen molar-refractivity contribution in [2.24, 2.45) is 18.9 Å². The van der Waals surface area contributed by atoms with Crippen LogP contribution in [0.1, 0.15) is 42.6 Å². The van der Waals surface area contributed by atoms with E-state index in [-0.39, 0.29) is 6.04 Å². The number of aryl methyl sites for hydroxylation is 1. The molecule has 0 saturated heterocycles. The summed E-state index contributed by atoms with van der Waals surface area (Å²) < 4.78 is 1.69. The molecule has 1 heterocycles. The quantitative estimate of drug-likeness (QED) is 0.666. The van der Waals surface area contributed by atoms with Gasteiger partial charge >= 0.3 is 0 Å². The first-order chi connectivity index (χ1) is 9.16. The van der Waals surface area contributed by atoms with Gasteiger partial charge in [0.1, 0.15) is 0 Å². The van der Waals surface area contributed by atoms with E-state index in [9.17, 15) is 9.59 Å².